The predicted molar refractivity (Wildman–Crippen MR) is 144 cm³/mol. The van der Waals surface area contributed by atoms with Crippen LogP contribution in [0.25, 0.3) is 11.3 Å². The summed E-state index contributed by atoms with van der Waals surface area (Å²) in [5.74, 6) is -0.456. The van der Waals surface area contributed by atoms with Gasteiger partial charge in [-0.1, -0.05) is 37.6 Å². The molecule has 1 fully saturated rings. The van der Waals surface area contributed by atoms with Gasteiger partial charge in [0.1, 0.15) is 11.6 Å². The maximum atomic E-state index is 13.5. The monoisotopic (exact) mass is 512 g/mol. The second kappa shape index (κ2) is 10.9. The molecular formula is C30H29FN4O3. The van der Waals surface area contributed by atoms with E-state index in [0.29, 0.717) is 28.1 Å². The van der Waals surface area contributed by atoms with Crippen LogP contribution in [0.5, 0.6) is 5.75 Å². The smallest absolute Gasteiger partial charge is 0.342 e. The summed E-state index contributed by atoms with van der Waals surface area (Å²) in [5.41, 5.74) is 4.40. The van der Waals surface area contributed by atoms with Crippen molar-refractivity contribution in [3.8, 4) is 17.0 Å². The third kappa shape index (κ3) is 5.44. The van der Waals surface area contributed by atoms with E-state index in [1.54, 1.807) is 36.4 Å². The average molecular weight is 513 g/mol. The Bertz CT molecular complexity index is 1480. The Labute approximate surface area is 220 Å². The summed E-state index contributed by atoms with van der Waals surface area (Å²) in [6.45, 7) is 2.21. The Balaban J connectivity index is 1.38. The number of nitrogens with zero attached hydrogens (tertiary/aromatic N) is 2. The van der Waals surface area contributed by atoms with Crippen molar-refractivity contribution < 1.29 is 19.1 Å². The summed E-state index contributed by atoms with van der Waals surface area (Å²) >= 11 is 0. The molecule has 0 radical (unpaired) electrons. The zero-order chi connectivity index (χ0) is 26.6. The fraction of sp³-hybridized carbons (Fsp3) is 0.233. The molecule has 2 amide bonds. The van der Waals surface area contributed by atoms with Gasteiger partial charge in [-0.05, 0) is 78.9 Å². The summed E-state index contributed by atoms with van der Waals surface area (Å²) in [4.78, 5) is 25.9. The van der Waals surface area contributed by atoms with E-state index in [9.17, 15) is 19.1 Å². The number of nitrogens with one attached hydrogen (secondary N) is 2. The summed E-state index contributed by atoms with van der Waals surface area (Å²) in [7, 11) is 0. The van der Waals surface area contributed by atoms with E-state index < -0.39 is 6.03 Å². The van der Waals surface area contributed by atoms with Crippen LogP contribution < -0.4 is 10.6 Å². The van der Waals surface area contributed by atoms with Crippen LogP contribution in [0.15, 0.2) is 72.8 Å². The van der Waals surface area contributed by atoms with Gasteiger partial charge in [0.2, 0.25) is 0 Å². The Morgan fingerprint density at radius 3 is 2.50 bits per heavy atom. The number of rotatable bonds is 7. The van der Waals surface area contributed by atoms with E-state index in [1.165, 1.54) is 22.9 Å². The van der Waals surface area contributed by atoms with Crippen LogP contribution in [0.2, 0.25) is 0 Å². The fourth-order valence-corrected chi connectivity index (χ4v) is 4.50. The number of phenols is 1. The first-order chi connectivity index (χ1) is 18.4. The molecule has 4 aromatic rings. The zero-order valence-corrected chi connectivity index (χ0v) is 21.1. The summed E-state index contributed by atoms with van der Waals surface area (Å²) in [6, 6.07) is 19.6. The summed E-state index contributed by atoms with van der Waals surface area (Å²) in [6.07, 6.45) is 3.85. The Morgan fingerprint density at radius 2 is 1.82 bits per heavy atom. The molecule has 1 aromatic heterocycles. The second-order valence-corrected chi connectivity index (χ2v) is 9.52. The van der Waals surface area contributed by atoms with Crippen molar-refractivity contribution in [2.75, 3.05) is 5.32 Å². The minimum Gasteiger partial charge on any atom is -0.507 e. The van der Waals surface area contributed by atoms with E-state index in [4.69, 9.17) is 0 Å². The molecule has 8 heteroatoms. The van der Waals surface area contributed by atoms with Gasteiger partial charge in [-0.3, -0.25) is 4.79 Å². The van der Waals surface area contributed by atoms with Crippen molar-refractivity contribution in [2.24, 2.45) is 0 Å². The molecule has 1 saturated carbocycles. The second-order valence-electron chi connectivity index (χ2n) is 9.52. The van der Waals surface area contributed by atoms with E-state index in [2.05, 4.69) is 22.7 Å². The van der Waals surface area contributed by atoms with Gasteiger partial charge in [0, 0.05) is 29.3 Å². The Hall–Kier alpha value is -4.46. The van der Waals surface area contributed by atoms with Crippen LogP contribution in [-0.4, -0.2) is 26.8 Å². The van der Waals surface area contributed by atoms with E-state index in [-0.39, 0.29) is 29.9 Å². The predicted octanol–water partition coefficient (Wildman–Crippen LogP) is 6.23. The molecule has 1 aliphatic rings. The number of aromatic nitrogens is 2. The molecule has 38 heavy (non-hydrogen) atoms. The fourth-order valence-electron chi connectivity index (χ4n) is 4.50. The number of hydrogen-bond acceptors (Lipinski definition) is 4. The minimum absolute atomic E-state index is 0.0136. The van der Waals surface area contributed by atoms with Crippen molar-refractivity contribution in [1.29, 1.82) is 0 Å². The first-order valence-electron chi connectivity index (χ1n) is 12.8. The van der Waals surface area contributed by atoms with Crippen LogP contribution >= 0.6 is 0 Å². The molecule has 3 N–H and O–H groups in total. The van der Waals surface area contributed by atoms with Gasteiger partial charge >= 0.3 is 6.03 Å². The lowest BCUT2D eigenvalue weighted by Crippen LogP contribution is -2.31. The molecule has 0 saturated heterocycles. The molecule has 0 unspecified atom stereocenters. The number of hydrogen-bond donors (Lipinski definition) is 3. The molecule has 194 valence electrons. The van der Waals surface area contributed by atoms with Gasteiger partial charge in [0.05, 0.1) is 11.4 Å². The van der Waals surface area contributed by atoms with Crippen molar-refractivity contribution in [1.82, 2.24) is 15.1 Å². The molecule has 0 spiro atoms. The maximum Gasteiger partial charge on any atom is 0.342 e. The molecule has 7 nitrogen and oxygen atoms in total. The lowest BCUT2D eigenvalue weighted by Gasteiger charge is -2.25. The molecule has 0 atom stereocenters. The third-order valence-corrected chi connectivity index (χ3v) is 6.94. The van der Waals surface area contributed by atoms with E-state index in [0.717, 1.165) is 36.9 Å². The zero-order valence-electron chi connectivity index (χ0n) is 21.1. The van der Waals surface area contributed by atoms with Crippen LogP contribution in [-0.2, 0) is 13.0 Å². The molecule has 3 aromatic carbocycles. The number of anilines is 1. The largest absolute Gasteiger partial charge is 0.507 e. The number of halogens is 1. The number of aromatic hydroxyl groups is 1. The van der Waals surface area contributed by atoms with Crippen molar-refractivity contribution >= 4 is 17.6 Å². The van der Waals surface area contributed by atoms with E-state index >= 15 is 0 Å². The highest BCUT2D eigenvalue weighted by Gasteiger charge is 2.27. The Morgan fingerprint density at radius 1 is 1.03 bits per heavy atom. The lowest BCUT2D eigenvalue weighted by atomic mass is 9.82. The van der Waals surface area contributed by atoms with Gasteiger partial charge in [0.15, 0.2) is 0 Å². The summed E-state index contributed by atoms with van der Waals surface area (Å²) < 4.78 is 14.9. The maximum absolute atomic E-state index is 13.5. The standard InChI is InChI=1S/C30H29FN4O3/c1-2-19-9-11-22(12-10-19)29(37)33-24-13-14-28(36)25(16-24)26-17-27(21-6-4-7-21)35(34-26)30(38)32-18-20-5-3-8-23(31)15-20/h3,5,8-17,21,36H,2,4,6-7,18H2,1H3,(H,32,38)(H,33,37). The van der Waals surface area contributed by atoms with Gasteiger partial charge in [-0.15, -0.1) is 0 Å². The average Bonchev–Trinajstić information content (AvgIpc) is 3.32. The highest BCUT2D eigenvalue weighted by atomic mass is 19.1. The number of phenolic OH excluding ortho intramolecular Hbond substituents is 1. The molecule has 5 rings (SSSR count). The first-order valence-corrected chi connectivity index (χ1v) is 12.8. The van der Waals surface area contributed by atoms with Crippen LogP contribution in [0.4, 0.5) is 14.9 Å². The van der Waals surface area contributed by atoms with Crippen LogP contribution in [0.1, 0.15) is 59.3 Å². The van der Waals surface area contributed by atoms with Gasteiger partial charge in [0.25, 0.3) is 5.91 Å². The van der Waals surface area contributed by atoms with Crippen molar-refractivity contribution in [3.63, 3.8) is 0 Å². The van der Waals surface area contributed by atoms with Crippen LogP contribution in [0, 0.1) is 5.82 Å². The Kier molecular flexibility index (Phi) is 7.22. The number of benzene rings is 3. The minimum atomic E-state index is -0.429. The number of carbonyl (C=O) groups is 2. The first kappa shape index (κ1) is 25.2. The number of amides is 2. The summed E-state index contributed by atoms with van der Waals surface area (Å²) in [5, 5.41) is 20.8. The van der Waals surface area contributed by atoms with Crippen molar-refractivity contribution in [2.45, 2.75) is 45.1 Å². The third-order valence-electron chi connectivity index (χ3n) is 6.94. The number of aryl methyl sites for hydroxylation is 1. The normalized spacial score (nSPS) is 13.1. The van der Waals surface area contributed by atoms with Gasteiger partial charge in [-0.2, -0.15) is 9.78 Å². The van der Waals surface area contributed by atoms with Gasteiger partial charge < -0.3 is 15.7 Å². The highest BCUT2D eigenvalue weighted by Crippen LogP contribution is 2.39. The lowest BCUT2D eigenvalue weighted by molar-refractivity contribution is 0.102. The van der Waals surface area contributed by atoms with Gasteiger partial charge in [-0.25, -0.2) is 9.18 Å². The SMILES string of the molecule is CCc1ccc(C(=O)Nc2ccc(O)c(-c3cc(C4CCC4)n(C(=O)NCc4cccc(F)c4)n3)c2)cc1. The molecular weight excluding hydrogens is 483 g/mol. The molecule has 1 heterocycles. The van der Waals surface area contributed by atoms with E-state index in [1.807, 2.05) is 18.2 Å². The quantitative estimate of drug-likeness (QED) is 0.256. The topological polar surface area (TPSA) is 96.2 Å². The van der Waals surface area contributed by atoms with Crippen molar-refractivity contribution in [3.05, 3.63) is 101 Å². The molecule has 1 aliphatic carbocycles. The van der Waals surface area contributed by atoms with Crippen LogP contribution in [0.3, 0.4) is 0 Å². The molecule has 0 bridgehead atoms. The molecule has 0 aliphatic heterocycles. The highest BCUT2D eigenvalue weighted by molar-refractivity contribution is 6.04. The number of carbonyl (C=O) groups excluding carboxylic acids is 2.